The molecule has 0 bridgehead atoms. The summed E-state index contributed by atoms with van der Waals surface area (Å²) in [6.45, 7) is 11.1. The number of hydrogen-bond acceptors (Lipinski definition) is 5. The van der Waals surface area contributed by atoms with Gasteiger partial charge in [-0.05, 0) is 24.8 Å². The molecule has 1 aromatic heterocycles. The Morgan fingerprint density at radius 2 is 1.67 bits per heavy atom. The van der Waals surface area contributed by atoms with Crippen LogP contribution < -0.4 is 15.2 Å². The number of ether oxygens (including phenoxy) is 2. The first-order valence-corrected chi connectivity index (χ1v) is 9.21. The lowest BCUT2D eigenvalue weighted by Crippen LogP contribution is -2.25. The van der Waals surface area contributed by atoms with Gasteiger partial charge in [0.05, 0.1) is 30.8 Å². The first-order chi connectivity index (χ1) is 12.7. The van der Waals surface area contributed by atoms with Crippen LogP contribution in [0, 0.1) is 18.8 Å². The first kappa shape index (κ1) is 20.7. The van der Waals surface area contributed by atoms with E-state index in [0.29, 0.717) is 47.8 Å². The fourth-order valence-electron chi connectivity index (χ4n) is 2.59. The molecule has 0 unspecified atom stereocenters. The number of fused-ring (bicyclic) bond motifs is 1. The summed E-state index contributed by atoms with van der Waals surface area (Å²) in [5.74, 6) is 0.856. The molecule has 7 nitrogen and oxygen atoms in total. The number of rotatable bonds is 9. The molecule has 0 fully saturated rings. The lowest BCUT2D eigenvalue weighted by Gasteiger charge is -2.18. The SMILES string of the molecule is Cc1nc(=O)n(CCC(=O)O)c2cc(OCC(C)C)c(OCC(C)C)cc12. The van der Waals surface area contributed by atoms with E-state index in [4.69, 9.17) is 14.6 Å². The highest BCUT2D eigenvalue weighted by molar-refractivity contribution is 5.85. The number of carboxylic acids is 1. The van der Waals surface area contributed by atoms with E-state index < -0.39 is 11.7 Å². The van der Waals surface area contributed by atoms with Gasteiger partial charge in [0, 0.05) is 18.0 Å². The predicted octanol–water partition coefficient (Wildman–Crippen LogP) is 3.25. The van der Waals surface area contributed by atoms with Crippen molar-refractivity contribution in [2.45, 2.75) is 47.6 Å². The summed E-state index contributed by atoms with van der Waals surface area (Å²) < 4.78 is 13.2. The van der Waals surface area contributed by atoms with Crippen molar-refractivity contribution in [1.82, 2.24) is 9.55 Å². The molecular formula is C20H28N2O5. The van der Waals surface area contributed by atoms with Crippen LogP contribution in [0.2, 0.25) is 0 Å². The Morgan fingerprint density at radius 1 is 1.11 bits per heavy atom. The van der Waals surface area contributed by atoms with Crippen molar-refractivity contribution in [3.8, 4) is 11.5 Å². The van der Waals surface area contributed by atoms with Crippen molar-refractivity contribution >= 4 is 16.9 Å². The van der Waals surface area contributed by atoms with Crippen LogP contribution in [-0.2, 0) is 11.3 Å². The predicted molar refractivity (Wildman–Crippen MR) is 104 cm³/mol. The molecule has 27 heavy (non-hydrogen) atoms. The normalized spacial score (nSPS) is 11.4. The monoisotopic (exact) mass is 376 g/mol. The number of nitrogens with zero attached hydrogens (tertiary/aromatic N) is 2. The molecule has 0 radical (unpaired) electrons. The Hall–Kier alpha value is -2.57. The zero-order valence-corrected chi connectivity index (χ0v) is 16.6. The maximum atomic E-state index is 12.3. The lowest BCUT2D eigenvalue weighted by molar-refractivity contribution is -0.137. The van der Waals surface area contributed by atoms with E-state index in [-0.39, 0.29) is 13.0 Å². The Bertz CT molecular complexity index is 871. The smallest absolute Gasteiger partial charge is 0.348 e. The van der Waals surface area contributed by atoms with Crippen molar-refractivity contribution in [3.63, 3.8) is 0 Å². The number of aryl methyl sites for hydroxylation is 2. The van der Waals surface area contributed by atoms with E-state index in [2.05, 4.69) is 18.8 Å². The molecule has 1 heterocycles. The van der Waals surface area contributed by atoms with E-state index in [0.717, 1.165) is 5.39 Å². The molecule has 0 saturated heterocycles. The molecular weight excluding hydrogens is 348 g/mol. The third-order valence-corrected chi connectivity index (χ3v) is 3.93. The Kier molecular flexibility index (Phi) is 6.82. The lowest BCUT2D eigenvalue weighted by atomic mass is 10.1. The zero-order chi connectivity index (χ0) is 20.1. The summed E-state index contributed by atoms with van der Waals surface area (Å²) in [7, 11) is 0. The van der Waals surface area contributed by atoms with Gasteiger partial charge < -0.3 is 14.6 Å². The molecule has 0 amide bonds. The van der Waals surface area contributed by atoms with Crippen molar-refractivity contribution in [2.24, 2.45) is 11.8 Å². The quantitative estimate of drug-likeness (QED) is 0.722. The summed E-state index contributed by atoms with van der Waals surface area (Å²) in [5, 5.41) is 9.72. The van der Waals surface area contributed by atoms with E-state index in [9.17, 15) is 9.59 Å². The maximum absolute atomic E-state index is 12.3. The van der Waals surface area contributed by atoms with E-state index in [1.807, 2.05) is 19.9 Å². The minimum atomic E-state index is -0.969. The second-order valence-corrected chi connectivity index (χ2v) is 7.50. The Balaban J connectivity index is 2.59. The highest BCUT2D eigenvalue weighted by atomic mass is 16.5. The van der Waals surface area contributed by atoms with Gasteiger partial charge in [0.15, 0.2) is 11.5 Å². The summed E-state index contributed by atoms with van der Waals surface area (Å²) >= 11 is 0. The van der Waals surface area contributed by atoms with Crippen LogP contribution in [0.25, 0.3) is 10.9 Å². The molecule has 2 aromatic rings. The molecule has 0 aliphatic heterocycles. The zero-order valence-electron chi connectivity index (χ0n) is 16.6. The molecule has 0 aliphatic rings. The summed E-state index contributed by atoms with van der Waals surface area (Å²) in [5.41, 5.74) is 0.711. The molecule has 148 valence electrons. The highest BCUT2D eigenvalue weighted by Gasteiger charge is 2.16. The van der Waals surface area contributed by atoms with Gasteiger partial charge in [0.25, 0.3) is 0 Å². The minimum Gasteiger partial charge on any atom is -0.489 e. The second-order valence-electron chi connectivity index (χ2n) is 7.50. The van der Waals surface area contributed by atoms with Crippen LogP contribution in [0.5, 0.6) is 11.5 Å². The highest BCUT2D eigenvalue weighted by Crippen LogP contribution is 2.34. The number of benzene rings is 1. The second kappa shape index (κ2) is 8.88. The molecule has 0 aliphatic carbocycles. The van der Waals surface area contributed by atoms with Crippen molar-refractivity contribution in [1.29, 1.82) is 0 Å². The molecule has 1 N–H and O–H groups in total. The van der Waals surface area contributed by atoms with Crippen LogP contribution in [0.15, 0.2) is 16.9 Å². The van der Waals surface area contributed by atoms with E-state index in [1.54, 1.807) is 13.0 Å². The molecule has 0 atom stereocenters. The Labute approximate surface area is 158 Å². The van der Waals surface area contributed by atoms with Gasteiger partial charge in [-0.2, -0.15) is 4.98 Å². The van der Waals surface area contributed by atoms with Crippen LogP contribution in [-0.4, -0.2) is 33.8 Å². The molecule has 2 rings (SSSR count). The average Bonchev–Trinajstić information content (AvgIpc) is 2.57. The fraction of sp³-hybridized carbons (Fsp3) is 0.550. The van der Waals surface area contributed by atoms with Gasteiger partial charge in [-0.1, -0.05) is 27.7 Å². The molecule has 7 heteroatoms. The maximum Gasteiger partial charge on any atom is 0.348 e. The van der Waals surface area contributed by atoms with Gasteiger partial charge in [-0.25, -0.2) is 4.79 Å². The van der Waals surface area contributed by atoms with Crippen LogP contribution in [0.1, 0.15) is 39.8 Å². The number of aliphatic carboxylic acids is 1. The molecule has 1 aromatic carbocycles. The van der Waals surface area contributed by atoms with Gasteiger partial charge in [0.1, 0.15) is 0 Å². The van der Waals surface area contributed by atoms with Crippen LogP contribution in [0.4, 0.5) is 0 Å². The van der Waals surface area contributed by atoms with Crippen LogP contribution >= 0.6 is 0 Å². The van der Waals surface area contributed by atoms with Crippen molar-refractivity contribution < 1.29 is 19.4 Å². The standard InChI is InChI=1S/C20H28N2O5/c1-12(2)10-26-17-8-15-14(5)21-20(25)22(7-6-19(23)24)16(15)9-18(17)27-11-13(3)4/h8-9,12-13H,6-7,10-11H2,1-5H3,(H,23,24). The van der Waals surface area contributed by atoms with E-state index >= 15 is 0 Å². The number of aromatic nitrogens is 2. The molecule has 0 saturated carbocycles. The first-order valence-electron chi connectivity index (χ1n) is 9.21. The average molecular weight is 376 g/mol. The Morgan fingerprint density at radius 3 is 2.19 bits per heavy atom. The van der Waals surface area contributed by atoms with E-state index in [1.165, 1.54) is 4.57 Å². The molecule has 0 spiro atoms. The third kappa shape index (κ3) is 5.45. The number of hydrogen-bond donors (Lipinski definition) is 1. The minimum absolute atomic E-state index is 0.0494. The topological polar surface area (TPSA) is 90.7 Å². The van der Waals surface area contributed by atoms with Crippen LogP contribution in [0.3, 0.4) is 0 Å². The fourth-order valence-corrected chi connectivity index (χ4v) is 2.59. The van der Waals surface area contributed by atoms with Gasteiger partial charge in [0.2, 0.25) is 0 Å². The third-order valence-electron chi connectivity index (χ3n) is 3.93. The van der Waals surface area contributed by atoms with Gasteiger partial charge in [-0.3, -0.25) is 9.36 Å². The summed E-state index contributed by atoms with van der Waals surface area (Å²) in [6, 6.07) is 3.58. The number of carboxylic acid groups (broad SMARTS) is 1. The number of carbonyl (C=O) groups is 1. The van der Waals surface area contributed by atoms with Gasteiger partial charge in [-0.15, -0.1) is 0 Å². The summed E-state index contributed by atoms with van der Waals surface area (Å²) in [6.07, 6.45) is -0.159. The summed E-state index contributed by atoms with van der Waals surface area (Å²) in [4.78, 5) is 27.3. The van der Waals surface area contributed by atoms with Gasteiger partial charge >= 0.3 is 11.7 Å². The largest absolute Gasteiger partial charge is 0.489 e. The van der Waals surface area contributed by atoms with Crippen molar-refractivity contribution in [2.75, 3.05) is 13.2 Å². The van der Waals surface area contributed by atoms with Crippen molar-refractivity contribution in [3.05, 3.63) is 28.3 Å².